The summed E-state index contributed by atoms with van der Waals surface area (Å²) in [6.45, 7) is 3.51. The molecule has 1 aliphatic rings. The highest BCUT2D eigenvalue weighted by atomic mass is 16.4. The molecule has 0 aliphatic carbocycles. The lowest BCUT2D eigenvalue weighted by molar-refractivity contribution is -0.141. The molecule has 4 heteroatoms. The summed E-state index contributed by atoms with van der Waals surface area (Å²) in [6.07, 6.45) is 0.667. The van der Waals surface area contributed by atoms with E-state index in [0.29, 0.717) is 19.5 Å². The van der Waals surface area contributed by atoms with E-state index in [1.165, 1.54) is 0 Å². The zero-order valence-corrected chi connectivity index (χ0v) is 10.5. The maximum absolute atomic E-state index is 10.9. The van der Waals surface area contributed by atoms with Gasteiger partial charge >= 0.3 is 5.97 Å². The molecular weight excluding hydrogens is 230 g/mol. The molecule has 0 amide bonds. The molecule has 0 aromatic heterocycles. The summed E-state index contributed by atoms with van der Waals surface area (Å²) in [5, 5.41) is 19.4. The number of aliphatic hydroxyl groups is 1. The Hall–Kier alpha value is -1.39. The van der Waals surface area contributed by atoms with Crippen LogP contribution in [0.15, 0.2) is 30.3 Å². The number of β-amino-alcohol motifs (C(OH)–C–C–N with tert-alkyl or cyclic N) is 1. The fraction of sp³-hybridized carbons (Fsp3) is 0.500. The lowest BCUT2D eigenvalue weighted by Crippen LogP contribution is -2.38. The zero-order valence-electron chi connectivity index (χ0n) is 10.5. The van der Waals surface area contributed by atoms with Crippen LogP contribution in [-0.2, 0) is 10.4 Å². The standard InChI is InChI=1S/C14H19NO3/c1-14(18,12-5-3-2-4-6-12)10-15-8-7-11(9-15)13(16)17/h2-6,11,18H,7-10H2,1H3,(H,16,17). The van der Waals surface area contributed by atoms with Gasteiger partial charge in [-0.25, -0.2) is 0 Å². The fourth-order valence-corrected chi connectivity index (χ4v) is 2.50. The first-order valence-electron chi connectivity index (χ1n) is 6.22. The van der Waals surface area contributed by atoms with Crippen LogP contribution in [0.5, 0.6) is 0 Å². The minimum Gasteiger partial charge on any atom is -0.481 e. The molecule has 0 spiro atoms. The van der Waals surface area contributed by atoms with Gasteiger partial charge in [0.1, 0.15) is 0 Å². The Balaban J connectivity index is 2.00. The molecule has 1 aliphatic heterocycles. The third-order valence-electron chi connectivity index (χ3n) is 3.55. The first kappa shape index (κ1) is 13.1. The van der Waals surface area contributed by atoms with Crippen LogP contribution in [0.4, 0.5) is 0 Å². The highest BCUT2D eigenvalue weighted by Gasteiger charge is 2.33. The normalized spacial score (nSPS) is 23.8. The van der Waals surface area contributed by atoms with E-state index < -0.39 is 11.6 Å². The van der Waals surface area contributed by atoms with E-state index >= 15 is 0 Å². The molecule has 1 saturated heterocycles. The minimum absolute atomic E-state index is 0.295. The molecule has 18 heavy (non-hydrogen) atoms. The molecule has 2 unspecified atom stereocenters. The molecule has 1 aromatic carbocycles. The van der Waals surface area contributed by atoms with Crippen molar-refractivity contribution in [2.75, 3.05) is 19.6 Å². The number of rotatable bonds is 4. The van der Waals surface area contributed by atoms with Gasteiger partial charge in [-0.2, -0.15) is 0 Å². The summed E-state index contributed by atoms with van der Waals surface area (Å²) in [7, 11) is 0. The third kappa shape index (κ3) is 2.89. The highest BCUT2D eigenvalue weighted by molar-refractivity contribution is 5.70. The number of aliphatic carboxylic acids is 1. The van der Waals surface area contributed by atoms with Gasteiger partial charge in [-0.15, -0.1) is 0 Å². The van der Waals surface area contributed by atoms with Gasteiger partial charge < -0.3 is 10.2 Å². The predicted molar refractivity (Wildman–Crippen MR) is 68.2 cm³/mol. The summed E-state index contributed by atoms with van der Waals surface area (Å²) >= 11 is 0. The average molecular weight is 249 g/mol. The van der Waals surface area contributed by atoms with Crippen LogP contribution in [0.25, 0.3) is 0 Å². The van der Waals surface area contributed by atoms with Crippen molar-refractivity contribution >= 4 is 5.97 Å². The number of carboxylic acid groups (broad SMARTS) is 1. The lowest BCUT2D eigenvalue weighted by Gasteiger charge is -2.29. The molecule has 98 valence electrons. The van der Waals surface area contributed by atoms with E-state index in [9.17, 15) is 9.90 Å². The Morgan fingerprint density at radius 3 is 2.67 bits per heavy atom. The van der Waals surface area contributed by atoms with Crippen LogP contribution < -0.4 is 0 Å². The average Bonchev–Trinajstić information content (AvgIpc) is 2.78. The first-order chi connectivity index (χ1) is 8.49. The highest BCUT2D eigenvalue weighted by Crippen LogP contribution is 2.25. The number of nitrogens with zero attached hydrogens (tertiary/aromatic N) is 1. The molecule has 4 nitrogen and oxygen atoms in total. The van der Waals surface area contributed by atoms with Gasteiger partial charge in [0.05, 0.1) is 11.5 Å². The van der Waals surface area contributed by atoms with Gasteiger partial charge in [-0.3, -0.25) is 9.69 Å². The summed E-state index contributed by atoms with van der Waals surface area (Å²) < 4.78 is 0. The van der Waals surface area contributed by atoms with Crippen molar-refractivity contribution in [2.24, 2.45) is 5.92 Å². The molecule has 0 radical (unpaired) electrons. The third-order valence-corrected chi connectivity index (χ3v) is 3.55. The van der Waals surface area contributed by atoms with Crippen LogP contribution in [-0.4, -0.2) is 40.7 Å². The van der Waals surface area contributed by atoms with Crippen molar-refractivity contribution in [3.05, 3.63) is 35.9 Å². The minimum atomic E-state index is -0.936. The molecular formula is C14H19NO3. The second kappa shape index (κ2) is 5.08. The van der Waals surface area contributed by atoms with Crippen LogP contribution in [0.1, 0.15) is 18.9 Å². The first-order valence-corrected chi connectivity index (χ1v) is 6.22. The van der Waals surface area contributed by atoms with Crippen molar-refractivity contribution in [1.82, 2.24) is 4.90 Å². The number of carboxylic acids is 1. The van der Waals surface area contributed by atoms with Crippen LogP contribution in [0.3, 0.4) is 0 Å². The van der Waals surface area contributed by atoms with Crippen molar-refractivity contribution in [3.63, 3.8) is 0 Å². The van der Waals surface area contributed by atoms with E-state index in [0.717, 1.165) is 12.1 Å². The summed E-state index contributed by atoms with van der Waals surface area (Å²) in [5.74, 6) is -1.03. The number of benzene rings is 1. The number of hydrogen-bond donors (Lipinski definition) is 2. The molecule has 0 saturated carbocycles. The number of hydrogen-bond acceptors (Lipinski definition) is 3. The summed E-state index contributed by atoms with van der Waals surface area (Å²) in [6, 6.07) is 9.49. The van der Waals surface area contributed by atoms with Gasteiger partial charge in [-0.05, 0) is 25.5 Å². The van der Waals surface area contributed by atoms with Crippen LogP contribution in [0, 0.1) is 5.92 Å². The monoisotopic (exact) mass is 249 g/mol. The maximum Gasteiger partial charge on any atom is 0.307 e. The lowest BCUT2D eigenvalue weighted by atomic mass is 9.95. The smallest absolute Gasteiger partial charge is 0.307 e. The van der Waals surface area contributed by atoms with Crippen LogP contribution in [0.2, 0.25) is 0 Å². The van der Waals surface area contributed by atoms with Gasteiger partial charge in [0.25, 0.3) is 0 Å². The van der Waals surface area contributed by atoms with Crippen molar-refractivity contribution < 1.29 is 15.0 Å². The molecule has 1 fully saturated rings. The number of likely N-dealkylation sites (tertiary alicyclic amines) is 1. The van der Waals surface area contributed by atoms with E-state index in [2.05, 4.69) is 0 Å². The van der Waals surface area contributed by atoms with E-state index in [4.69, 9.17) is 5.11 Å². The second-order valence-electron chi connectivity index (χ2n) is 5.20. The molecule has 0 bridgehead atoms. The second-order valence-corrected chi connectivity index (χ2v) is 5.20. The molecule has 2 N–H and O–H groups in total. The van der Waals surface area contributed by atoms with Crippen LogP contribution >= 0.6 is 0 Å². The Morgan fingerprint density at radius 1 is 1.44 bits per heavy atom. The van der Waals surface area contributed by atoms with E-state index in [1.807, 2.05) is 35.2 Å². The van der Waals surface area contributed by atoms with Crippen molar-refractivity contribution in [1.29, 1.82) is 0 Å². The Labute approximate surface area is 107 Å². The largest absolute Gasteiger partial charge is 0.481 e. The topological polar surface area (TPSA) is 60.8 Å². The Kier molecular flexibility index (Phi) is 3.68. The molecule has 2 atom stereocenters. The Morgan fingerprint density at radius 2 is 2.11 bits per heavy atom. The van der Waals surface area contributed by atoms with Gasteiger partial charge in [0, 0.05) is 13.1 Å². The van der Waals surface area contributed by atoms with Crippen molar-refractivity contribution in [2.45, 2.75) is 18.9 Å². The maximum atomic E-state index is 10.9. The Bertz CT molecular complexity index is 416. The number of carbonyl (C=O) groups is 1. The SMILES string of the molecule is CC(O)(CN1CCC(C(=O)O)C1)c1ccccc1. The van der Waals surface area contributed by atoms with E-state index in [-0.39, 0.29) is 5.92 Å². The summed E-state index contributed by atoms with van der Waals surface area (Å²) in [4.78, 5) is 12.9. The van der Waals surface area contributed by atoms with Gasteiger partial charge in [-0.1, -0.05) is 30.3 Å². The molecule has 1 heterocycles. The zero-order chi connectivity index (χ0) is 13.2. The fourth-order valence-electron chi connectivity index (χ4n) is 2.50. The van der Waals surface area contributed by atoms with Gasteiger partial charge in [0.15, 0.2) is 0 Å². The van der Waals surface area contributed by atoms with Crippen molar-refractivity contribution in [3.8, 4) is 0 Å². The quantitative estimate of drug-likeness (QED) is 0.844. The summed E-state index contributed by atoms with van der Waals surface area (Å²) in [5.41, 5.74) is -0.0713. The predicted octanol–water partition coefficient (Wildman–Crippen LogP) is 1.30. The van der Waals surface area contributed by atoms with Gasteiger partial charge in [0.2, 0.25) is 0 Å². The molecule has 1 aromatic rings. The molecule has 2 rings (SSSR count). The van der Waals surface area contributed by atoms with E-state index in [1.54, 1.807) is 6.92 Å².